The van der Waals surface area contributed by atoms with Crippen LogP contribution in [0.5, 0.6) is 0 Å². The van der Waals surface area contributed by atoms with Crippen LogP contribution in [-0.2, 0) is 13.0 Å². The molecule has 0 spiro atoms. The van der Waals surface area contributed by atoms with Crippen molar-refractivity contribution >= 4 is 5.91 Å². The van der Waals surface area contributed by atoms with Crippen molar-refractivity contribution in [3.8, 4) is 0 Å². The zero-order chi connectivity index (χ0) is 16.2. The number of nitrogens with zero attached hydrogens (tertiary/aromatic N) is 4. The maximum atomic E-state index is 12.7. The van der Waals surface area contributed by atoms with Crippen molar-refractivity contribution < 1.29 is 4.79 Å². The first-order valence-electron chi connectivity index (χ1n) is 8.41. The summed E-state index contributed by atoms with van der Waals surface area (Å²) in [5.41, 5.74) is 1.92. The maximum absolute atomic E-state index is 12.7. The molecule has 2 aromatic rings. The minimum absolute atomic E-state index is 0.114. The highest BCUT2D eigenvalue weighted by Crippen LogP contribution is 2.20. The van der Waals surface area contributed by atoms with Gasteiger partial charge in [0, 0.05) is 25.8 Å². The second-order valence-corrected chi connectivity index (χ2v) is 6.90. The van der Waals surface area contributed by atoms with E-state index in [2.05, 4.69) is 28.9 Å². The second-order valence-electron chi connectivity index (χ2n) is 6.90. The average molecular weight is 315 g/mol. The first-order valence-corrected chi connectivity index (χ1v) is 8.41. The molecule has 0 aliphatic carbocycles. The van der Waals surface area contributed by atoms with Crippen LogP contribution in [0.4, 0.5) is 0 Å². The second kappa shape index (κ2) is 6.98. The molecule has 1 amide bonds. The number of hydrogen-bond donors (Lipinski definition) is 1. The van der Waals surface area contributed by atoms with Crippen molar-refractivity contribution in [3.63, 3.8) is 0 Å². The molecule has 0 aromatic carbocycles. The molecule has 2 aromatic heterocycles. The van der Waals surface area contributed by atoms with Crippen LogP contribution in [0, 0.1) is 11.8 Å². The van der Waals surface area contributed by atoms with Gasteiger partial charge in [0.25, 0.3) is 5.91 Å². The highest BCUT2D eigenvalue weighted by Gasteiger charge is 2.25. The molecule has 3 rings (SSSR count). The van der Waals surface area contributed by atoms with E-state index >= 15 is 0 Å². The Labute approximate surface area is 136 Å². The van der Waals surface area contributed by atoms with Gasteiger partial charge in [-0.15, -0.1) is 0 Å². The Kier molecular flexibility index (Phi) is 4.79. The summed E-state index contributed by atoms with van der Waals surface area (Å²) in [4.78, 5) is 21.8. The highest BCUT2D eigenvalue weighted by atomic mass is 16.2. The zero-order valence-corrected chi connectivity index (χ0v) is 13.9. The average Bonchev–Trinajstić information content (AvgIpc) is 3.18. The number of carbonyl (C=O) groups is 1. The van der Waals surface area contributed by atoms with Gasteiger partial charge in [-0.25, -0.2) is 4.98 Å². The molecule has 6 heteroatoms. The SMILES string of the molecule is CC(C)Cc1c[nH]c(C(=O)N2CCCC(Cn3cncn3)C2)c1. The molecule has 1 aliphatic heterocycles. The van der Waals surface area contributed by atoms with E-state index in [1.54, 1.807) is 12.7 Å². The van der Waals surface area contributed by atoms with Crippen LogP contribution in [0.2, 0.25) is 0 Å². The fourth-order valence-electron chi connectivity index (χ4n) is 3.31. The van der Waals surface area contributed by atoms with E-state index in [4.69, 9.17) is 0 Å². The molecular formula is C17H25N5O. The van der Waals surface area contributed by atoms with Crippen LogP contribution >= 0.6 is 0 Å². The smallest absolute Gasteiger partial charge is 0.270 e. The lowest BCUT2D eigenvalue weighted by molar-refractivity contribution is 0.0654. The zero-order valence-electron chi connectivity index (χ0n) is 13.9. The highest BCUT2D eigenvalue weighted by molar-refractivity contribution is 5.92. The molecule has 3 heterocycles. The molecule has 1 unspecified atom stereocenters. The van der Waals surface area contributed by atoms with E-state index in [9.17, 15) is 4.79 Å². The molecule has 1 saturated heterocycles. The van der Waals surface area contributed by atoms with Gasteiger partial charge >= 0.3 is 0 Å². The number of aromatic amines is 1. The van der Waals surface area contributed by atoms with Gasteiger partial charge in [0.15, 0.2) is 0 Å². The Balaban J connectivity index is 1.61. The number of H-pyrrole nitrogens is 1. The van der Waals surface area contributed by atoms with E-state index < -0.39 is 0 Å². The summed E-state index contributed by atoms with van der Waals surface area (Å²) in [7, 11) is 0. The predicted octanol–water partition coefficient (Wildman–Crippen LogP) is 2.36. The minimum atomic E-state index is 0.114. The Morgan fingerprint density at radius 3 is 3.09 bits per heavy atom. The molecule has 1 fully saturated rings. The Morgan fingerprint density at radius 2 is 2.35 bits per heavy atom. The van der Waals surface area contributed by atoms with Crippen LogP contribution < -0.4 is 0 Å². The largest absolute Gasteiger partial charge is 0.357 e. The Morgan fingerprint density at radius 1 is 1.48 bits per heavy atom. The Hall–Kier alpha value is -2.11. The number of hydrogen-bond acceptors (Lipinski definition) is 3. The first kappa shape index (κ1) is 15.8. The number of piperidine rings is 1. The third-order valence-electron chi connectivity index (χ3n) is 4.34. The van der Waals surface area contributed by atoms with Crippen molar-refractivity contribution in [2.45, 2.75) is 39.7 Å². The molecule has 0 bridgehead atoms. The number of nitrogens with one attached hydrogen (secondary N) is 1. The molecule has 124 valence electrons. The normalized spacial score (nSPS) is 18.6. The van der Waals surface area contributed by atoms with Gasteiger partial charge in [-0.3, -0.25) is 9.48 Å². The fourth-order valence-corrected chi connectivity index (χ4v) is 3.31. The van der Waals surface area contributed by atoms with E-state index in [0.29, 0.717) is 17.5 Å². The van der Waals surface area contributed by atoms with Gasteiger partial charge in [0.05, 0.1) is 0 Å². The van der Waals surface area contributed by atoms with Crippen LogP contribution in [0.3, 0.4) is 0 Å². The van der Waals surface area contributed by atoms with Crippen LogP contribution in [-0.4, -0.2) is 43.6 Å². The lowest BCUT2D eigenvalue weighted by Crippen LogP contribution is -2.41. The summed E-state index contributed by atoms with van der Waals surface area (Å²) < 4.78 is 1.86. The monoisotopic (exact) mass is 315 g/mol. The number of likely N-dealkylation sites (tertiary alicyclic amines) is 1. The van der Waals surface area contributed by atoms with Crippen molar-refractivity contribution in [3.05, 3.63) is 36.2 Å². The fraction of sp³-hybridized carbons (Fsp3) is 0.588. The van der Waals surface area contributed by atoms with Crippen LogP contribution in [0.25, 0.3) is 0 Å². The van der Waals surface area contributed by atoms with E-state index in [0.717, 1.165) is 38.9 Å². The van der Waals surface area contributed by atoms with Gasteiger partial charge in [0.2, 0.25) is 0 Å². The summed E-state index contributed by atoms with van der Waals surface area (Å²) in [5.74, 6) is 1.15. The summed E-state index contributed by atoms with van der Waals surface area (Å²) >= 11 is 0. The number of rotatable bonds is 5. The number of carbonyl (C=O) groups excluding carboxylic acids is 1. The van der Waals surface area contributed by atoms with Gasteiger partial charge in [-0.1, -0.05) is 13.8 Å². The van der Waals surface area contributed by atoms with E-state index in [1.807, 2.05) is 21.8 Å². The van der Waals surface area contributed by atoms with Crippen molar-refractivity contribution in [2.24, 2.45) is 11.8 Å². The first-order chi connectivity index (χ1) is 11.1. The van der Waals surface area contributed by atoms with Gasteiger partial charge in [0.1, 0.15) is 18.3 Å². The molecule has 1 N–H and O–H groups in total. The lowest BCUT2D eigenvalue weighted by Gasteiger charge is -2.32. The standard InChI is InChI=1S/C17H25N5O/c1-13(2)6-15-7-16(19-8-15)17(23)21-5-3-4-14(9-21)10-22-12-18-11-20-22/h7-8,11-14,19H,3-6,9-10H2,1-2H3. The van der Waals surface area contributed by atoms with E-state index in [1.165, 1.54) is 5.56 Å². The van der Waals surface area contributed by atoms with Gasteiger partial charge in [-0.2, -0.15) is 5.10 Å². The van der Waals surface area contributed by atoms with Crippen molar-refractivity contribution in [2.75, 3.05) is 13.1 Å². The molecule has 0 radical (unpaired) electrons. The Bertz CT molecular complexity index is 631. The van der Waals surface area contributed by atoms with E-state index in [-0.39, 0.29) is 5.91 Å². The molecule has 1 aliphatic rings. The molecule has 6 nitrogen and oxygen atoms in total. The number of aromatic nitrogens is 4. The molecule has 0 saturated carbocycles. The summed E-state index contributed by atoms with van der Waals surface area (Å²) in [6.45, 7) is 6.83. The molecule has 1 atom stereocenters. The molecular weight excluding hydrogens is 290 g/mol. The summed E-state index contributed by atoms with van der Waals surface area (Å²) in [6.07, 6.45) is 8.44. The van der Waals surface area contributed by atoms with Crippen molar-refractivity contribution in [1.29, 1.82) is 0 Å². The topological polar surface area (TPSA) is 66.8 Å². The predicted molar refractivity (Wildman–Crippen MR) is 88.0 cm³/mol. The van der Waals surface area contributed by atoms with Crippen LogP contribution in [0.15, 0.2) is 24.9 Å². The third-order valence-corrected chi connectivity index (χ3v) is 4.34. The van der Waals surface area contributed by atoms with Gasteiger partial charge < -0.3 is 9.88 Å². The number of amides is 1. The minimum Gasteiger partial charge on any atom is -0.357 e. The van der Waals surface area contributed by atoms with Gasteiger partial charge in [-0.05, 0) is 42.7 Å². The summed E-state index contributed by atoms with van der Waals surface area (Å²) in [5, 5.41) is 4.17. The van der Waals surface area contributed by atoms with Crippen LogP contribution in [0.1, 0.15) is 42.7 Å². The maximum Gasteiger partial charge on any atom is 0.270 e. The van der Waals surface area contributed by atoms with Crippen molar-refractivity contribution in [1.82, 2.24) is 24.6 Å². The lowest BCUT2D eigenvalue weighted by atomic mass is 9.97. The molecule has 23 heavy (non-hydrogen) atoms. The quantitative estimate of drug-likeness (QED) is 0.921. The summed E-state index contributed by atoms with van der Waals surface area (Å²) in [6, 6.07) is 2.00. The third kappa shape index (κ3) is 4.00.